The molecule has 0 radical (unpaired) electrons. The van der Waals surface area contributed by atoms with Gasteiger partial charge in [0.15, 0.2) is 0 Å². The van der Waals surface area contributed by atoms with Crippen molar-refractivity contribution in [2.45, 2.75) is 39.8 Å². The van der Waals surface area contributed by atoms with Crippen LogP contribution in [0, 0.1) is 0 Å². The highest BCUT2D eigenvalue weighted by atomic mass is 15.1. The molecule has 3 heteroatoms. The van der Waals surface area contributed by atoms with E-state index in [1.165, 1.54) is 5.56 Å². The number of hydrogen-bond donors (Lipinski definition) is 1. The third kappa shape index (κ3) is 4.19. The van der Waals surface area contributed by atoms with Crippen LogP contribution < -0.4 is 5.32 Å². The highest BCUT2D eigenvalue weighted by Crippen LogP contribution is 2.10. The quantitative estimate of drug-likeness (QED) is 0.800. The topological polar surface area (TPSA) is 28.2 Å². The molecule has 0 aliphatic heterocycles. The van der Waals surface area contributed by atoms with Gasteiger partial charge in [-0.05, 0) is 45.0 Å². The second-order valence-corrected chi connectivity index (χ2v) is 4.48. The fraction of sp³-hybridized carbons (Fsp3) is 0.615. The van der Waals surface area contributed by atoms with Gasteiger partial charge in [0.1, 0.15) is 5.82 Å². The summed E-state index contributed by atoms with van der Waals surface area (Å²) in [5.41, 5.74) is 1.31. The van der Waals surface area contributed by atoms with Crippen LogP contribution in [0.5, 0.6) is 0 Å². The molecule has 1 aromatic rings. The molecule has 1 heterocycles. The smallest absolute Gasteiger partial charge is 0.126 e. The monoisotopic (exact) mass is 221 g/mol. The Bertz CT molecular complexity index is 310. The summed E-state index contributed by atoms with van der Waals surface area (Å²) in [5.74, 6) is 0.983. The van der Waals surface area contributed by atoms with Crippen LogP contribution in [0.1, 0.15) is 32.8 Å². The third-order valence-corrected chi connectivity index (χ3v) is 2.69. The Balaban J connectivity index is 2.59. The van der Waals surface area contributed by atoms with Gasteiger partial charge in [-0.25, -0.2) is 4.98 Å². The Morgan fingerprint density at radius 2 is 2.19 bits per heavy atom. The van der Waals surface area contributed by atoms with E-state index in [9.17, 15) is 0 Å². The number of nitrogens with one attached hydrogen (secondary N) is 1. The van der Waals surface area contributed by atoms with Gasteiger partial charge >= 0.3 is 0 Å². The lowest BCUT2D eigenvalue weighted by molar-refractivity contribution is 0.266. The van der Waals surface area contributed by atoms with Crippen molar-refractivity contribution in [3.63, 3.8) is 0 Å². The number of pyridine rings is 1. The molecule has 0 amide bonds. The number of hydrogen-bond acceptors (Lipinski definition) is 3. The van der Waals surface area contributed by atoms with Crippen molar-refractivity contribution in [2.24, 2.45) is 0 Å². The number of nitrogens with zero attached hydrogens (tertiary/aromatic N) is 2. The lowest BCUT2D eigenvalue weighted by Gasteiger charge is -2.21. The minimum absolute atomic E-state index is 0.570. The van der Waals surface area contributed by atoms with E-state index in [1.807, 2.05) is 6.20 Å². The molecule has 0 fully saturated rings. The zero-order chi connectivity index (χ0) is 12.0. The zero-order valence-corrected chi connectivity index (χ0v) is 10.8. The fourth-order valence-corrected chi connectivity index (χ4v) is 1.39. The summed E-state index contributed by atoms with van der Waals surface area (Å²) in [6.07, 6.45) is 3.00. The van der Waals surface area contributed by atoms with E-state index in [1.54, 1.807) is 0 Å². The molecule has 0 atom stereocenters. The van der Waals surface area contributed by atoms with Crippen molar-refractivity contribution in [3.8, 4) is 0 Å². The molecular weight excluding hydrogens is 198 g/mol. The van der Waals surface area contributed by atoms with Gasteiger partial charge in [-0.3, -0.25) is 4.90 Å². The largest absolute Gasteiger partial charge is 0.370 e. The van der Waals surface area contributed by atoms with Crippen molar-refractivity contribution < 1.29 is 0 Å². The molecule has 1 aromatic heterocycles. The van der Waals surface area contributed by atoms with Crippen molar-refractivity contribution in [3.05, 3.63) is 23.9 Å². The van der Waals surface area contributed by atoms with E-state index < -0.39 is 0 Å². The summed E-state index contributed by atoms with van der Waals surface area (Å²) in [4.78, 5) is 6.62. The third-order valence-electron chi connectivity index (χ3n) is 2.69. The average molecular weight is 221 g/mol. The van der Waals surface area contributed by atoms with Crippen LogP contribution in [0.4, 0.5) is 5.82 Å². The van der Waals surface area contributed by atoms with E-state index in [0.717, 1.165) is 25.3 Å². The summed E-state index contributed by atoms with van der Waals surface area (Å²) < 4.78 is 0. The van der Waals surface area contributed by atoms with Crippen LogP contribution in [0.2, 0.25) is 0 Å². The van der Waals surface area contributed by atoms with Crippen molar-refractivity contribution in [1.82, 2.24) is 9.88 Å². The number of aromatic nitrogens is 1. The van der Waals surface area contributed by atoms with Gasteiger partial charge in [-0.15, -0.1) is 0 Å². The lowest BCUT2D eigenvalue weighted by atomic mass is 10.2. The van der Waals surface area contributed by atoms with Crippen LogP contribution in [-0.2, 0) is 6.54 Å². The van der Waals surface area contributed by atoms with Gasteiger partial charge in [0, 0.05) is 25.3 Å². The Morgan fingerprint density at radius 3 is 2.81 bits per heavy atom. The summed E-state index contributed by atoms with van der Waals surface area (Å²) in [5, 5.41) is 3.31. The molecule has 0 aromatic carbocycles. The van der Waals surface area contributed by atoms with Gasteiger partial charge in [-0.1, -0.05) is 6.92 Å². The molecule has 0 aliphatic rings. The van der Waals surface area contributed by atoms with Crippen LogP contribution >= 0.6 is 0 Å². The fourth-order valence-electron chi connectivity index (χ4n) is 1.39. The summed E-state index contributed by atoms with van der Waals surface area (Å²) in [6, 6.07) is 4.78. The molecule has 16 heavy (non-hydrogen) atoms. The van der Waals surface area contributed by atoms with Gasteiger partial charge in [0.2, 0.25) is 0 Å². The average Bonchev–Trinajstić information content (AvgIpc) is 2.26. The SMILES string of the molecule is CCCNc1cc(CN(C)C(C)C)ccn1. The lowest BCUT2D eigenvalue weighted by Crippen LogP contribution is -2.25. The first-order chi connectivity index (χ1) is 7.63. The molecular formula is C13H23N3. The zero-order valence-electron chi connectivity index (χ0n) is 10.8. The minimum Gasteiger partial charge on any atom is -0.370 e. The second-order valence-electron chi connectivity index (χ2n) is 4.48. The molecule has 0 aliphatic carbocycles. The summed E-state index contributed by atoms with van der Waals surface area (Å²) in [6.45, 7) is 8.52. The van der Waals surface area contributed by atoms with E-state index in [-0.39, 0.29) is 0 Å². The normalized spacial score (nSPS) is 11.1. The van der Waals surface area contributed by atoms with Crippen LogP contribution in [0.25, 0.3) is 0 Å². The van der Waals surface area contributed by atoms with Crippen molar-refractivity contribution in [2.75, 3.05) is 18.9 Å². The van der Waals surface area contributed by atoms with E-state index in [0.29, 0.717) is 6.04 Å². The standard InChI is InChI=1S/C13H23N3/c1-5-7-14-13-9-12(6-8-15-13)10-16(4)11(2)3/h6,8-9,11H,5,7,10H2,1-4H3,(H,14,15). The van der Waals surface area contributed by atoms with Gasteiger partial charge in [0.25, 0.3) is 0 Å². The van der Waals surface area contributed by atoms with Gasteiger partial charge in [-0.2, -0.15) is 0 Å². The van der Waals surface area contributed by atoms with Crippen LogP contribution in [0.15, 0.2) is 18.3 Å². The Morgan fingerprint density at radius 1 is 1.44 bits per heavy atom. The molecule has 3 nitrogen and oxygen atoms in total. The number of anilines is 1. The predicted octanol–water partition coefficient (Wildman–Crippen LogP) is 2.74. The van der Waals surface area contributed by atoms with Crippen LogP contribution in [0.3, 0.4) is 0 Å². The van der Waals surface area contributed by atoms with Crippen molar-refractivity contribution in [1.29, 1.82) is 0 Å². The molecule has 0 unspecified atom stereocenters. The highest BCUT2D eigenvalue weighted by molar-refractivity contribution is 5.37. The molecule has 1 rings (SSSR count). The Kier molecular flexibility index (Phi) is 5.26. The maximum atomic E-state index is 4.30. The van der Waals surface area contributed by atoms with Gasteiger partial charge < -0.3 is 5.32 Å². The maximum absolute atomic E-state index is 4.30. The molecule has 90 valence electrons. The molecule has 0 saturated heterocycles. The highest BCUT2D eigenvalue weighted by Gasteiger charge is 2.04. The number of rotatable bonds is 6. The van der Waals surface area contributed by atoms with E-state index >= 15 is 0 Å². The second kappa shape index (κ2) is 6.48. The molecule has 0 saturated carbocycles. The van der Waals surface area contributed by atoms with E-state index in [2.05, 4.69) is 55.2 Å². The Labute approximate surface area is 98.9 Å². The Hall–Kier alpha value is -1.09. The van der Waals surface area contributed by atoms with Gasteiger partial charge in [0.05, 0.1) is 0 Å². The van der Waals surface area contributed by atoms with E-state index in [4.69, 9.17) is 0 Å². The predicted molar refractivity (Wildman–Crippen MR) is 69.6 cm³/mol. The summed E-state index contributed by atoms with van der Waals surface area (Å²) in [7, 11) is 2.14. The molecule has 0 bridgehead atoms. The molecule has 0 spiro atoms. The maximum Gasteiger partial charge on any atom is 0.126 e. The summed E-state index contributed by atoms with van der Waals surface area (Å²) >= 11 is 0. The first-order valence-corrected chi connectivity index (χ1v) is 6.02. The first-order valence-electron chi connectivity index (χ1n) is 6.02. The van der Waals surface area contributed by atoms with Crippen LogP contribution in [-0.4, -0.2) is 29.5 Å². The molecule has 1 N–H and O–H groups in total. The van der Waals surface area contributed by atoms with Crippen molar-refractivity contribution >= 4 is 5.82 Å². The first kappa shape index (κ1) is 13.0. The minimum atomic E-state index is 0.570.